The zero-order chi connectivity index (χ0) is 14.3. The topological polar surface area (TPSA) is 93.2 Å². The first-order valence-corrected chi connectivity index (χ1v) is 7.68. The average Bonchev–Trinajstić information content (AvgIpc) is 3.07. The number of benzene rings is 1. The van der Waals surface area contributed by atoms with Crippen molar-refractivity contribution in [2.45, 2.75) is 23.6 Å². The smallest absolute Gasteiger partial charge is 0.156 e. The summed E-state index contributed by atoms with van der Waals surface area (Å²) in [4.78, 5) is 0. The van der Waals surface area contributed by atoms with Gasteiger partial charge >= 0.3 is 0 Å². The van der Waals surface area contributed by atoms with Crippen LogP contribution < -0.4 is 10.5 Å². The first kappa shape index (κ1) is 13.8. The molecule has 1 aromatic carbocycles. The summed E-state index contributed by atoms with van der Waals surface area (Å²) in [5.74, 6) is 0.206. The SMILES string of the molecule is CCS(=O)(=O)C1C(c2ccc(OC)cc2)C1(N)C#N. The predicted molar refractivity (Wildman–Crippen MR) is 71.5 cm³/mol. The fourth-order valence-corrected chi connectivity index (χ4v) is 4.32. The Balaban J connectivity index is 2.37. The quantitative estimate of drug-likeness (QED) is 0.881. The van der Waals surface area contributed by atoms with Gasteiger partial charge in [-0.25, -0.2) is 8.42 Å². The van der Waals surface area contributed by atoms with E-state index in [0.717, 1.165) is 5.56 Å². The van der Waals surface area contributed by atoms with Crippen LogP contribution in [0.25, 0.3) is 0 Å². The van der Waals surface area contributed by atoms with Gasteiger partial charge in [0.15, 0.2) is 9.84 Å². The van der Waals surface area contributed by atoms with Crippen molar-refractivity contribution in [3.05, 3.63) is 29.8 Å². The monoisotopic (exact) mass is 280 g/mol. The third kappa shape index (κ3) is 2.09. The number of methoxy groups -OCH3 is 1. The van der Waals surface area contributed by atoms with Crippen LogP contribution in [0.1, 0.15) is 18.4 Å². The number of nitrogens with two attached hydrogens (primary N) is 1. The highest BCUT2D eigenvalue weighted by Crippen LogP contribution is 2.54. The molecule has 19 heavy (non-hydrogen) atoms. The molecule has 2 rings (SSSR count). The summed E-state index contributed by atoms with van der Waals surface area (Å²) >= 11 is 0. The lowest BCUT2D eigenvalue weighted by Gasteiger charge is -2.03. The van der Waals surface area contributed by atoms with Crippen molar-refractivity contribution >= 4 is 9.84 Å². The number of rotatable bonds is 4. The maximum absolute atomic E-state index is 12.0. The molecule has 6 heteroatoms. The first-order chi connectivity index (χ1) is 8.90. The van der Waals surface area contributed by atoms with Crippen LogP contribution in [0.4, 0.5) is 0 Å². The average molecular weight is 280 g/mol. The van der Waals surface area contributed by atoms with Gasteiger partial charge in [0, 0.05) is 11.7 Å². The molecule has 1 fully saturated rings. The van der Waals surface area contributed by atoms with Gasteiger partial charge in [-0.3, -0.25) is 0 Å². The molecule has 1 saturated carbocycles. The van der Waals surface area contributed by atoms with E-state index < -0.39 is 26.5 Å². The zero-order valence-electron chi connectivity index (χ0n) is 10.8. The minimum atomic E-state index is -3.34. The Morgan fingerprint density at radius 2 is 2.00 bits per heavy atom. The van der Waals surface area contributed by atoms with Crippen LogP contribution in [0.15, 0.2) is 24.3 Å². The number of nitrogens with zero attached hydrogens (tertiary/aromatic N) is 1. The van der Waals surface area contributed by atoms with Gasteiger partial charge in [-0.15, -0.1) is 0 Å². The van der Waals surface area contributed by atoms with E-state index in [-0.39, 0.29) is 5.75 Å². The molecule has 0 bridgehead atoms. The van der Waals surface area contributed by atoms with E-state index in [1.807, 2.05) is 6.07 Å². The van der Waals surface area contributed by atoms with Gasteiger partial charge in [0.1, 0.15) is 16.5 Å². The van der Waals surface area contributed by atoms with Crippen molar-refractivity contribution in [1.82, 2.24) is 0 Å². The van der Waals surface area contributed by atoms with Gasteiger partial charge < -0.3 is 10.5 Å². The second-order valence-electron chi connectivity index (χ2n) is 4.67. The van der Waals surface area contributed by atoms with Gasteiger partial charge in [0.05, 0.1) is 13.2 Å². The molecule has 0 amide bonds. The van der Waals surface area contributed by atoms with E-state index in [9.17, 15) is 8.42 Å². The van der Waals surface area contributed by atoms with Crippen LogP contribution in [0.5, 0.6) is 5.75 Å². The summed E-state index contributed by atoms with van der Waals surface area (Å²) in [6.45, 7) is 1.57. The van der Waals surface area contributed by atoms with Crippen LogP contribution in [-0.2, 0) is 9.84 Å². The van der Waals surface area contributed by atoms with Crippen LogP contribution in [0, 0.1) is 11.3 Å². The van der Waals surface area contributed by atoms with Crippen molar-refractivity contribution in [2.24, 2.45) is 5.73 Å². The molecule has 3 atom stereocenters. The second-order valence-corrected chi connectivity index (χ2v) is 7.08. The number of hydrogen-bond donors (Lipinski definition) is 1. The van der Waals surface area contributed by atoms with Crippen LogP contribution >= 0.6 is 0 Å². The van der Waals surface area contributed by atoms with Gasteiger partial charge in [-0.1, -0.05) is 19.1 Å². The van der Waals surface area contributed by atoms with E-state index >= 15 is 0 Å². The molecule has 0 saturated heterocycles. The normalized spacial score (nSPS) is 29.6. The molecule has 0 aromatic heterocycles. The molecule has 102 valence electrons. The molecule has 1 aliphatic rings. The van der Waals surface area contributed by atoms with Gasteiger partial charge in [-0.2, -0.15) is 5.26 Å². The lowest BCUT2D eigenvalue weighted by molar-refractivity contribution is 0.414. The predicted octanol–water partition coefficient (Wildman–Crippen LogP) is 0.817. The molecule has 5 nitrogen and oxygen atoms in total. The molecule has 1 aliphatic carbocycles. The molecule has 0 heterocycles. The van der Waals surface area contributed by atoms with Crippen LogP contribution in [0.3, 0.4) is 0 Å². The molecule has 0 aliphatic heterocycles. The Hall–Kier alpha value is -1.58. The summed E-state index contributed by atoms with van der Waals surface area (Å²) in [6.07, 6.45) is 0. The maximum atomic E-state index is 12.0. The lowest BCUT2D eigenvalue weighted by Crippen LogP contribution is -2.29. The summed E-state index contributed by atoms with van der Waals surface area (Å²) in [7, 11) is -1.78. The van der Waals surface area contributed by atoms with E-state index in [2.05, 4.69) is 0 Å². The second kappa shape index (κ2) is 4.51. The van der Waals surface area contributed by atoms with E-state index in [1.165, 1.54) is 0 Å². The Kier molecular flexibility index (Phi) is 3.29. The molecule has 3 unspecified atom stereocenters. The third-order valence-electron chi connectivity index (χ3n) is 3.64. The molecular weight excluding hydrogens is 264 g/mol. The Morgan fingerprint density at radius 1 is 1.42 bits per heavy atom. The van der Waals surface area contributed by atoms with E-state index in [1.54, 1.807) is 38.3 Å². The Labute approximate surface area is 112 Å². The lowest BCUT2D eigenvalue weighted by atomic mass is 10.1. The summed E-state index contributed by atoms with van der Waals surface area (Å²) in [6, 6.07) is 8.94. The fourth-order valence-electron chi connectivity index (χ4n) is 2.45. The van der Waals surface area contributed by atoms with Gasteiger partial charge in [-0.05, 0) is 17.7 Å². The highest BCUT2D eigenvalue weighted by Gasteiger charge is 2.69. The van der Waals surface area contributed by atoms with Crippen molar-refractivity contribution in [3.63, 3.8) is 0 Å². The molecule has 2 N–H and O–H groups in total. The minimum absolute atomic E-state index is 0.00898. The van der Waals surface area contributed by atoms with Crippen molar-refractivity contribution in [2.75, 3.05) is 12.9 Å². The Bertz CT molecular complexity index is 618. The van der Waals surface area contributed by atoms with Gasteiger partial charge in [0.2, 0.25) is 0 Å². The molecule has 0 radical (unpaired) electrons. The Morgan fingerprint density at radius 3 is 2.42 bits per heavy atom. The number of ether oxygens (including phenoxy) is 1. The van der Waals surface area contributed by atoms with Gasteiger partial charge in [0.25, 0.3) is 0 Å². The molecular formula is C13H16N2O3S. The standard InChI is InChI=1S/C13H16N2O3S/c1-3-19(16,17)12-11(13(12,15)8-14)9-4-6-10(18-2)7-5-9/h4-7,11-12H,3,15H2,1-2H3. The third-order valence-corrected chi connectivity index (χ3v) is 5.88. The van der Waals surface area contributed by atoms with Crippen molar-refractivity contribution in [1.29, 1.82) is 5.26 Å². The summed E-state index contributed by atoms with van der Waals surface area (Å²) in [5.41, 5.74) is 5.37. The maximum Gasteiger partial charge on any atom is 0.156 e. The fraction of sp³-hybridized carbons (Fsp3) is 0.462. The summed E-state index contributed by atoms with van der Waals surface area (Å²) in [5, 5.41) is 8.35. The number of hydrogen-bond acceptors (Lipinski definition) is 5. The van der Waals surface area contributed by atoms with Crippen LogP contribution in [-0.4, -0.2) is 32.1 Å². The minimum Gasteiger partial charge on any atom is -0.497 e. The largest absolute Gasteiger partial charge is 0.497 e. The van der Waals surface area contributed by atoms with E-state index in [4.69, 9.17) is 15.7 Å². The number of nitriles is 1. The highest BCUT2D eigenvalue weighted by atomic mass is 32.2. The van der Waals surface area contributed by atoms with E-state index in [0.29, 0.717) is 5.75 Å². The molecule has 0 spiro atoms. The molecule has 1 aromatic rings. The summed E-state index contributed by atoms with van der Waals surface area (Å²) < 4.78 is 29.0. The zero-order valence-corrected chi connectivity index (χ0v) is 11.6. The first-order valence-electron chi connectivity index (χ1n) is 5.96. The van der Waals surface area contributed by atoms with Crippen LogP contribution in [0.2, 0.25) is 0 Å². The number of sulfone groups is 1. The van der Waals surface area contributed by atoms with Crippen molar-refractivity contribution < 1.29 is 13.2 Å². The highest BCUT2D eigenvalue weighted by molar-refractivity contribution is 7.92. The van der Waals surface area contributed by atoms with Crippen molar-refractivity contribution in [3.8, 4) is 11.8 Å².